The molecule has 0 aromatic carbocycles. The highest BCUT2D eigenvalue weighted by atomic mass is 35.5. The van der Waals surface area contributed by atoms with Crippen LogP contribution in [-0.4, -0.2) is 75.3 Å². The van der Waals surface area contributed by atoms with Gasteiger partial charge in [-0.2, -0.15) is 74.6 Å². The van der Waals surface area contributed by atoms with Crippen LogP contribution in [-0.2, 0) is 4.79 Å². The monoisotopic (exact) mass is 570 g/mol. The number of hydrogen-bond acceptors (Lipinski definition) is 2. The van der Waals surface area contributed by atoms with Crippen LogP contribution in [0.2, 0.25) is 0 Å². The second-order valence-corrected chi connectivity index (χ2v) is 7.30. The fourth-order valence-corrected chi connectivity index (χ4v) is 2.06. The number of carbonyl (C=O) groups is 1. The summed E-state index contributed by atoms with van der Waals surface area (Å²) >= 11 is 4.97. The van der Waals surface area contributed by atoms with Gasteiger partial charge in [-0.25, -0.2) is 0 Å². The lowest BCUT2D eigenvalue weighted by Crippen LogP contribution is -2.74. The number of carboxylic acids is 1. The number of hydrogen-bond donors (Lipinski definition) is 2. The lowest BCUT2D eigenvalue weighted by atomic mass is 9.87. The number of alkyl halides is 18. The molecule has 0 aliphatic carbocycles. The van der Waals surface area contributed by atoms with E-state index in [9.17, 15) is 79.4 Å². The maximum absolute atomic E-state index is 13.6. The molecule has 3 nitrogen and oxygen atoms in total. The number of rotatable bonds is 11. The fraction of sp³-hybridized carbons (Fsp3) is 0.923. The molecule has 0 bridgehead atoms. The van der Waals surface area contributed by atoms with Gasteiger partial charge in [-0.05, 0) is 6.42 Å². The first-order chi connectivity index (χ1) is 14.5. The third kappa shape index (κ3) is 4.43. The molecule has 21 heteroatoms. The number of aliphatic hydroxyl groups is 1. The molecule has 0 aliphatic heterocycles. The predicted molar refractivity (Wildman–Crippen MR) is 73.2 cm³/mol. The molecule has 0 aliphatic rings. The Morgan fingerprint density at radius 1 is 0.559 bits per heavy atom. The van der Waals surface area contributed by atoms with Crippen molar-refractivity contribution in [1.82, 2.24) is 0 Å². The first-order valence-electron chi connectivity index (χ1n) is 7.71. The summed E-state index contributed by atoms with van der Waals surface area (Å²) in [5.41, 5.74) is 0. The SMILES string of the molecule is O=C(O)C(Cl)(CO)CCC(F)(F)C(F)(F)C(F)(F)C(F)(F)C(F)(F)C(F)(F)C(F)(F)C(F)(F)F. The predicted octanol–water partition coefficient (Wildman–Crippen LogP) is 5.83. The Morgan fingerprint density at radius 2 is 0.853 bits per heavy atom. The average molecular weight is 571 g/mol. The van der Waals surface area contributed by atoms with Crippen molar-refractivity contribution in [3.05, 3.63) is 0 Å². The summed E-state index contributed by atoms with van der Waals surface area (Å²) in [5, 5.41) is 17.1. The van der Waals surface area contributed by atoms with E-state index in [2.05, 4.69) is 0 Å². The second-order valence-electron chi connectivity index (χ2n) is 6.58. The molecule has 0 rings (SSSR count). The molecule has 0 fully saturated rings. The first kappa shape index (κ1) is 32.5. The Morgan fingerprint density at radius 3 is 1.12 bits per heavy atom. The van der Waals surface area contributed by atoms with Gasteiger partial charge >= 0.3 is 53.6 Å². The normalized spacial score (nSPS) is 17.5. The van der Waals surface area contributed by atoms with Gasteiger partial charge in [-0.1, -0.05) is 0 Å². The van der Waals surface area contributed by atoms with Crippen molar-refractivity contribution >= 4 is 17.6 Å². The number of halogens is 18. The lowest BCUT2D eigenvalue weighted by molar-refractivity contribution is -0.461. The van der Waals surface area contributed by atoms with Gasteiger partial charge in [0.2, 0.25) is 0 Å². The van der Waals surface area contributed by atoms with Crippen LogP contribution in [0.4, 0.5) is 74.6 Å². The maximum Gasteiger partial charge on any atom is 0.460 e. The van der Waals surface area contributed by atoms with Crippen LogP contribution in [0, 0.1) is 0 Å². The van der Waals surface area contributed by atoms with E-state index >= 15 is 0 Å². The van der Waals surface area contributed by atoms with Crippen LogP contribution in [0.5, 0.6) is 0 Å². The van der Waals surface area contributed by atoms with Gasteiger partial charge in [0.25, 0.3) is 0 Å². The smallest absolute Gasteiger partial charge is 0.460 e. The summed E-state index contributed by atoms with van der Waals surface area (Å²) < 4.78 is 222. The van der Waals surface area contributed by atoms with Crippen molar-refractivity contribution in [1.29, 1.82) is 0 Å². The number of aliphatic carboxylic acids is 1. The molecule has 0 saturated carbocycles. The molecule has 34 heavy (non-hydrogen) atoms. The number of aliphatic hydroxyl groups excluding tert-OH is 1. The first-order valence-corrected chi connectivity index (χ1v) is 8.08. The summed E-state index contributed by atoms with van der Waals surface area (Å²) in [4.78, 5) is 7.28. The lowest BCUT2D eigenvalue weighted by Gasteiger charge is -2.43. The van der Waals surface area contributed by atoms with Gasteiger partial charge in [0.1, 0.15) is 0 Å². The van der Waals surface area contributed by atoms with E-state index in [1.807, 2.05) is 0 Å². The summed E-state index contributed by atoms with van der Waals surface area (Å²) in [6.07, 6.45) is -13.1. The Bertz CT molecular complexity index is 762. The van der Waals surface area contributed by atoms with E-state index in [0.29, 0.717) is 0 Å². The highest BCUT2D eigenvalue weighted by Crippen LogP contribution is 2.64. The zero-order valence-corrected chi connectivity index (χ0v) is 16.0. The van der Waals surface area contributed by atoms with E-state index in [-0.39, 0.29) is 0 Å². The number of carboxylic acid groups (broad SMARTS) is 1. The average Bonchev–Trinajstić information content (AvgIpc) is 2.63. The molecule has 0 aromatic rings. The zero-order chi connectivity index (χ0) is 28.2. The van der Waals surface area contributed by atoms with Gasteiger partial charge < -0.3 is 10.2 Å². The largest absolute Gasteiger partial charge is 0.480 e. The van der Waals surface area contributed by atoms with E-state index in [0.717, 1.165) is 0 Å². The van der Waals surface area contributed by atoms with Crippen LogP contribution in [0.1, 0.15) is 12.8 Å². The molecule has 0 radical (unpaired) electrons. The van der Waals surface area contributed by atoms with Crippen LogP contribution >= 0.6 is 11.6 Å². The van der Waals surface area contributed by atoms with Crippen molar-refractivity contribution in [3.63, 3.8) is 0 Å². The molecule has 0 heterocycles. The molecular formula is C13H8ClF17O3. The highest BCUT2D eigenvalue weighted by molar-refractivity contribution is 6.33. The molecule has 1 atom stereocenters. The van der Waals surface area contributed by atoms with E-state index < -0.39 is 77.9 Å². The van der Waals surface area contributed by atoms with Crippen molar-refractivity contribution in [2.45, 2.75) is 65.3 Å². The minimum absolute atomic E-state index is 1.89. The molecule has 0 saturated heterocycles. The van der Waals surface area contributed by atoms with E-state index in [1.165, 1.54) is 0 Å². The summed E-state index contributed by atoms with van der Waals surface area (Å²) in [6.45, 7) is -1.89. The molecule has 204 valence electrons. The molecule has 0 amide bonds. The molecular weight excluding hydrogens is 563 g/mol. The maximum atomic E-state index is 13.6. The highest BCUT2D eigenvalue weighted by Gasteiger charge is 2.95. The van der Waals surface area contributed by atoms with Gasteiger partial charge in [0.15, 0.2) is 4.87 Å². The van der Waals surface area contributed by atoms with Crippen LogP contribution in [0.25, 0.3) is 0 Å². The third-order valence-electron chi connectivity index (χ3n) is 4.26. The van der Waals surface area contributed by atoms with Gasteiger partial charge in [0.05, 0.1) is 6.61 Å². The van der Waals surface area contributed by atoms with Crippen molar-refractivity contribution < 1.29 is 89.6 Å². The van der Waals surface area contributed by atoms with E-state index in [1.54, 1.807) is 0 Å². The van der Waals surface area contributed by atoms with Crippen LogP contribution in [0.15, 0.2) is 0 Å². The van der Waals surface area contributed by atoms with Crippen molar-refractivity contribution in [3.8, 4) is 0 Å². The Labute approximate surface area is 180 Å². The van der Waals surface area contributed by atoms with Gasteiger partial charge in [-0.3, -0.25) is 4.79 Å². The quantitative estimate of drug-likeness (QED) is 0.243. The molecule has 0 aromatic heterocycles. The van der Waals surface area contributed by atoms with Crippen molar-refractivity contribution in [2.24, 2.45) is 0 Å². The molecule has 0 spiro atoms. The van der Waals surface area contributed by atoms with E-state index in [4.69, 9.17) is 21.8 Å². The Kier molecular flexibility index (Phi) is 8.21. The zero-order valence-electron chi connectivity index (χ0n) is 15.2. The van der Waals surface area contributed by atoms with Gasteiger partial charge in [0, 0.05) is 6.42 Å². The molecule has 1 unspecified atom stereocenters. The Hall–Kier alpha value is -1.47. The summed E-state index contributed by atoms with van der Waals surface area (Å²) in [6, 6.07) is 0. The summed E-state index contributed by atoms with van der Waals surface area (Å²) in [5.74, 6) is -60.0. The second kappa shape index (κ2) is 8.58. The topological polar surface area (TPSA) is 57.5 Å². The fourth-order valence-electron chi connectivity index (χ4n) is 1.96. The molecule has 2 N–H and O–H groups in total. The standard InChI is InChI=1S/C13H8ClF17O3/c14-5(3-32,4(33)34)1-2-6(15,16)7(17,18)8(19,20)9(21,22)10(23,24)11(25,26)12(27,28)13(29,30)31/h32H,1-3H2,(H,33,34). The van der Waals surface area contributed by atoms with Crippen molar-refractivity contribution in [2.75, 3.05) is 6.61 Å². The Balaban J connectivity index is 6.58. The minimum atomic E-state index is -8.75. The summed E-state index contributed by atoms with van der Waals surface area (Å²) in [7, 11) is 0. The van der Waals surface area contributed by atoms with Crippen LogP contribution < -0.4 is 0 Å². The van der Waals surface area contributed by atoms with Crippen LogP contribution in [0.3, 0.4) is 0 Å². The third-order valence-corrected chi connectivity index (χ3v) is 4.73. The van der Waals surface area contributed by atoms with Gasteiger partial charge in [-0.15, -0.1) is 11.6 Å². The minimum Gasteiger partial charge on any atom is -0.480 e.